The Kier molecular flexibility index (Phi) is 8.63. The molecule has 0 atom stereocenters. The molecule has 0 bridgehead atoms. The van der Waals surface area contributed by atoms with Crippen molar-refractivity contribution in [1.82, 2.24) is 10.2 Å². The second-order valence-electron chi connectivity index (χ2n) is 9.02. The topological polar surface area (TPSA) is 77.8 Å². The maximum absolute atomic E-state index is 12.5. The number of rotatable bonds is 6. The number of carbonyl (C=O) groups excluding carboxylic acids is 2. The van der Waals surface area contributed by atoms with Gasteiger partial charge in [0.15, 0.2) is 10.9 Å². The van der Waals surface area contributed by atoms with Gasteiger partial charge in [-0.25, -0.2) is 0 Å². The van der Waals surface area contributed by atoms with E-state index in [0.29, 0.717) is 48.6 Å². The minimum absolute atomic E-state index is 0.107. The molecular formula is C28H29ClN4O3S. The second-order valence-corrected chi connectivity index (χ2v) is 9.84. The maximum atomic E-state index is 12.5. The molecule has 0 unspecified atom stereocenters. The first-order valence-corrected chi connectivity index (χ1v) is 12.9. The molecule has 1 aliphatic heterocycles. The first-order chi connectivity index (χ1) is 17.8. The van der Waals surface area contributed by atoms with E-state index in [1.54, 1.807) is 29.2 Å². The molecule has 4 rings (SSSR count). The van der Waals surface area contributed by atoms with Crippen LogP contribution in [0.3, 0.4) is 0 Å². The highest BCUT2D eigenvalue weighted by molar-refractivity contribution is 7.80. The number of carbonyl (C=O) groups is 2. The van der Waals surface area contributed by atoms with Gasteiger partial charge >= 0.3 is 0 Å². The minimum atomic E-state index is -0.324. The number of nitrogens with one attached hydrogen (secondary N) is 2. The van der Waals surface area contributed by atoms with E-state index in [0.717, 1.165) is 11.3 Å². The Hall–Kier alpha value is -3.62. The first kappa shape index (κ1) is 26.4. The summed E-state index contributed by atoms with van der Waals surface area (Å²) in [7, 11) is 0. The number of anilines is 2. The van der Waals surface area contributed by atoms with Crippen LogP contribution in [-0.2, 0) is 4.79 Å². The summed E-state index contributed by atoms with van der Waals surface area (Å²) in [6, 6.07) is 17.0. The maximum Gasteiger partial charge on any atom is 0.289 e. The molecule has 0 spiro atoms. The van der Waals surface area contributed by atoms with Gasteiger partial charge in [0.05, 0.1) is 17.0 Å². The summed E-state index contributed by atoms with van der Waals surface area (Å²) in [5.74, 6) is 0.377. The molecule has 0 aliphatic carbocycles. The fourth-order valence-electron chi connectivity index (χ4n) is 4.03. The molecule has 0 saturated carbocycles. The third kappa shape index (κ3) is 6.99. The zero-order chi connectivity index (χ0) is 26.4. The van der Waals surface area contributed by atoms with Crippen LogP contribution in [0, 0.1) is 0 Å². The number of benzene rings is 2. The number of hydrogen-bond donors (Lipinski definition) is 2. The summed E-state index contributed by atoms with van der Waals surface area (Å²) in [6.45, 7) is 6.73. The summed E-state index contributed by atoms with van der Waals surface area (Å²) in [5.41, 5.74) is 3.73. The van der Waals surface area contributed by atoms with Gasteiger partial charge in [-0.2, -0.15) is 0 Å². The van der Waals surface area contributed by atoms with Crippen molar-refractivity contribution in [2.24, 2.45) is 0 Å². The molecule has 1 aromatic heterocycles. The van der Waals surface area contributed by atoms with Gasteiger partial charge in [0.2, 0.25) is 5.91 Å². The highest BCUT2D eigenvalue weighted by Gasteiger charge is 2.24. The lowest BCUT2D eigenvalue weighted by atomic mass is 10.0. The Labute approximate surface area is 227 Å². The van der Waals surface area contributed by atoms with Crippen molar-refractivity contribution in [3.8, 4) is 0 Å². The molecule has 2 heterocycles. The molecule has 2 N–H and O–H groups in total. The van der Waals surface area contributed by atoms with Crippen LogP contribution in [0.1, 0.15) is 41.4 Å². The minimum Gasteiger partial charge on any atom is -0.459 e. The molecule has 192 valence electrons. The van der Waals surface area contributed by atoms with Gasteiger partial charge in [0, 0.05) is 37.9 Å². The summed E-state index contributed by atoms with van der Waals surface area (Å²) in [4.78, 5) is 28.7. The summed E-state index contributed by atoms with van der Waals surface area (Å²) in [6.07, 6.45) is 4.69. The van der Waals surface area contributed by atoms with Crippen LogP contribution in [0.25, 0.3) is 6.08 Å². The van der Waals surface area contributed by atoms with E-state index in [1.807, 2.05) is 24.3 Å². The fraction of sp³-hybridized carbons (Fsp3) is 0.250. The van der Waals surface area contributed by atoms with Crippen LogP contribution in [0.5, 0.6) is 0 Å². The average Bonchev–Trinajstić information content (AvgIpc) is 3.43. The zero-order valence-corrected chi connectivity index (χ0v) is 22.3. The van der Waals surface area contributed by atoms with Gasteiger partial charge in [0.25, 0.3) is 5.91 Å². The van der Waals surface area contributed by atoms with E-state index in [2.05, 4.69) is 41.5 Å². The number of nitrogens with zero attached hydrogens (tertiary/aromatic N) is 2. The van der Waals surface area contributed by atoms with E-state index in [9.17, 15) is 9.59 Å². The molecule has 3 aromatic rings. The summed E-state index contributed by atoms with van der Waals surface area (Å²) < 4.78 is 5.22. The van der Waals surface area contributed by atoms with E-state index in [1.165, 1.54) is 17.9 Å². The molecule has 2 aromatic carbocycles. The number of thiocarbonyl (C=S) groups is 1. The van der Waals surface area contributed by atoms with Crippen molar-refractivity contribution < 1.29 is 14.0 Å². The van der Waals surface area contributed by atoms with Crippen LogP contribution >= 0.6 is 23.8 Å². The third-order valence-electron chi connectivity index (χ3n) is 6.11. The average molecular weight is 537 g/mol. The Balaban J connectivity index is 1.27. The normalized spacial score (nSPS) is 13.7. The first-order valence-electron chi connectivity index (χ1n) is 12.1. The van der Waals surface area contributed by atoms with Gasteiger partial charge in [-0.1, -0.05) is 49.7 Å². The number of furan rings is 1. The molecule has 1 saturated heterocycles. The molecule has 37 heavy (non-hydrogen) atoms. The monoisotopic (exact) mass is 536 g/mol. The Bertz CT molecular complexity index is 1280. The summed E-state index contributed by atoms with van der Waals surface area (Å²) >= 11 is 11.8. The van der Waals surface area contributed by atoms with Crippen molar-refractivity contribution in [2.45, 2.75) is 19.8 Å². The van der Waals surface area contributed by atoms with Crippen molar-refractivity contribution in [1.29, 1.82) is 0 Å². The quantitative estimate of drug-likeness (QED) is 0.318. The van der Waals surface area contributed by atoms with Crippen LogP contribution in [0.15, 0.2) is 71.4 Å². The van der Waals surface area contributed by atoms with Gasteiger partial charge in [-0.15, -0.1) is 0 Å². The van der Waals surface area contributed by atoms with Crippen LogP contribution < -0.4 is 15.5 Å². The van der Waals surface area contributed by atoms with Crippen molar-refractivity contribution in [3.63, 3.8) is 0 Å². The largest absolute Gasteiger partial charge is 0.459 e. The molecule has 1 fully saturated rings. The number of hydrogen-bond acceptors (Lipinski definition) is 5. The molecule has 7 nitrogen and oxygen atoms in total. The number of piperazine rings is 1. The molecule has 0 radical (unpaired) electrons. The van der Waals surface area contributed by atoms with Crippen molar-refractivity contribution in [3.05, 3.63) is 88.8 Å². The van der Waals surface area contributed by atoms with Gasteiger partial charge < -0.3 is 19.5 Å². The molecule has 1 aliphatic rings. The van der Waals surface area contributed by atoms with E-state index >= 15 is 0 Å². The predicted molar refractivity (Wildman–Crippen MR) is 152 cm³/mol. The lowest BCUT2D eigenvalue weighted by Gasteiger charge is -2.36. The third-order valence-corrected chi connectivity index (χ3v) is 6.62. The van der Waals surface area contributed by atoms with Gasteiger partial charge in [-0.3, -0.25) is 14.9 Å². The smallest absolute Gasteiger partial charge is 0.289 e. The van der Waals surface area contributed by atoms with E-state index < -0.39 is 0 Å². The predicted octanol–water partition coefficient (Wildman–Crippen LogP) is 5.55. The molecule has 2 amide bonds. The standard InChI is InChI=1S/C28H29ClN4O3S/c1-19(2)21-8-5-20(6-9-21)7-12-26(34)31-28(37)30-22-10-11-24(23(29)18-22)32-13-15-33(16-14-32)27(35)25-4-3-17-36-25/h3-12,17-19H,13-16H2,1-2H3,(H2,30,31,34,37)/b12-7+. The highest BCUT2D eigenvalue weighted by Crippen LogP contribution is 2.30. The Morgan fingerprint density at radius 2 is 1.78 bits per heavy atom. The number of amides is 2. The second kappa shape index (κ2) is 12.1. The Morgan fingerprint density at radius 3 is 2.41 bits per heavy atom. The SMILES string of the molecule is CC(C)c1ccc(/C=C/C(=O)NC(=S)Nc2ccc(N3CCN(C(=O)c4ccco4)CC3)c(Cl)c2)cc1. The van der Waals surface area contributed by atoms with Crippen LogP contribution in [-0.4, -0.2) is 48.0 Å². The summed E-state index contributed by atoms with van der Waals surface area (Å²) in [5, 5.41) is 6.38. The number of halogens is 1. The fourth-order valence-corrected chi connectivity index (χ4v) is 4.55. The lowest BCUT2D eigenvalue weighted by molar-refractivity contribution is -0.115. The van der Waals surface area contributed by atoms with E-state index in [4.69, 9.17) is 28.2 Å². The highest BCUT2D eigenvalue weighted by atomic mass is 35.5. The van der Waals surface area contributed by atoms with Crippen molar-refractivity contribution in [2.75, 3.05) is 36.4 Å². The van der Waals surface area contributed by atoms with Crippen LogP contribution in [0.2, 0.25) is 5.02 Å². The molecule has 9 heteroatoms. The van der Waals surface area contributed by atoms with Crippen LogP contribution in [0.4, 0.5) is 11.4 Å². The van der Waals surface area contributed by atoms with E-state index in [-0.39, 0.29) is 16.9 Å². The zero-order valence-electron chi connectivity index (χ0n) is 20.7. The van der Waals surface area contributed by atoms with Crippen molar-refractivity contribution >= 4 is 58.2 Å². The van der Waals surface area contributed by atoms with Gasteiger partial charge in [-0.05, 0) is 65.7 Å². The Morgan fingerprint density at radius 1 is 1.05 bits per heavy atom. The lowest BCUT2D eigenvalue weighted by Crippen LogP contribution is -2.48. The molecular weight excluding hydrogens is 508 g/mol. The van der Waals surface area contributed by atoms with Gasteiger partial charge in [0.1, 0.15) is 0 Å².